The van der Waals surface area contributed by atoms with E-state index in [9.17, 15) is 14.4 Å². The fourth-order valence-electron chi connectivity index (χ4n) is 2.76. The second kappa shape index (κ2) is 8.76. The summed E-state index contributed by atoms with van der Waals surface area (Å²) in [5.41, 5.74) is -0.179. The Morgan fingerprint density at radius 1 is 1.11 bits per heavy atom. The molecule has 0 radical (unpaired) electrons. The quantitative estimate of drug-likeness (QED) is 0.430. The van der Waals surface area contributed by atoms with Crippen LogP contribution in [0.15, 0.2) is 30.3 Å². The van der Waals surface area contributed by atoms with Gasteiger partial charge < -0.3 is 14.2 Å². The van der Waals surface area contributed by atoms with Crippen molar-refractivity contribution in [2.45, 2.75) is 71.6 Å². The molecule has 0 N–H and O–H groups in total. The molecule has 1 aromatic carbocycles. The van der Waals surface area contributed by atoms with E-state index in [2.05, 4.69) is 0 Å². The lowest BCUT2D eigenvalue weighted by Crippen LogP contribution is -2.47. The number of Topliss-reactive ketones (excluding diaryl/α,β-unsaturated/α-hetero) is 2. The van der Waals surface area contributed by atoms with Crippen LogP contribution in [0.5, 0.6) is 0 Å². The molecule has 27 heavy (non-hydrogen) atoms. The van der Waals surface area contributed by atoms with Crippen LogP contribution in [0.3, 0.4) is 0 Å². The van der Waals surface area contributed by atoms with E-state index in [4.69, 9.17) is 14.2 Å². The lowest BCUT2D eigenvalue weighted by Gasteiger charge is -2.36. The van der Waals surface area contributed by atoms with E-state index >= 15 is 0 Å². The largest absolute Gasteiger partial charge is 0.454 e. The molecule has 3 atom stereocenters. The monoisotopic (exact) mass is 376 g/mol. The van der Waals surface area contributed by atoms with Crippen molar-refractivity contribution in [3.63, 3.8) is 0 Å². The van der Waals surface area contributed by atoms with Crippen LogP contribution in [0.1, 0.15) is 57.8 Å². The van der Waals surface area contributed by atoms with Gasteiger partial charge in [0.05, 0.1) is 6.10 Å². The van der Waals surface area contributed by atoms with Crippen molar-refractivity contribution in [3.8, 4) is 0 Å². The topological polar surface area (TPSA) is 78.9 Å². The summed E-state index contributed by atoms with van der Waals surface area (Å²) in [5.74, 6) is -1.77. The summed E-state index contributed by atoms with van der Waals surface area (Å²) in [5, 5.41) is 0. The minimum absolute atomic E-state index is 0.0337. The van der Waals surface area contributed by atoms with Gasteiger partial charge in [0.2, 0.25) is 0 Å². The van der Waals surface area contributed by atoms with Crippen molar-refractivity contribution in [2.24, 2.45) is 5.92 Å². The highest BCUT2D eigenvalue weighted by molar-refractivity contribution is 6.35. The minimum atomic E-state index is -0.977. The van der Waals surface area contributed by atoms with Gasteiger partial charge in [-0.1, -0.05) is 44.2 Å². The van der Waals surface area contributed by atoms with E-state index in [1.165, 1.54) is 0 Å². The van der Waals surface area contributed by atoms with Gasteiger partial charge in [-0.3, -0.25) is 9.59 Å². The van der Waals surface area contributed by atoms with Crippen LogP contribution >= 0.6 is 0 Å². The first kappa shape index (κ1) is 21.3. The first-order valence-corrected chi connectivity index (χ1v) is 9.23. The smallest absolute Gasteiger partial charge is 0.377 e. The van der Waals surface area contributed by atoms with Crippen LogP contribution in [0.4, 0.5) is 0 Å². The van der Waals surface area contributed by atoms with Crippen molar-refractivity contribution in [1.29, 1.82) is 0 Å². The normalized spacial score (nSPS) is 23.1. The maximum Gasteiger partial charge on any atom is 0.377 e. The molecule has 1 aliphatic rings. The average Bonchev–Trinajstić information content (AvgIpc) is 2.60. The standard InChI is InChI=1S/C21H28O6/c1-13(2)20-25-15(11-16(22)14-9-7-6-8-10-14)12-17(26-20)18(23)19(24)27-21(3,4)5/h6-10,13,15,17,20H,11-12H2,1-5H3/t15-,17-,20?/m1/s1. The van der Waals surface area contributed by atoms with Gasteiger partial charge in [-0.05, 0) is 20.8 Å². The molecule has 148 valence electrons. The fourth-order valence-corrected chi connectivity index (χ4v) is 2.76. The summed E-state index contributed by atoms with van der Waals surface area (Å²) in [6, 6.07) is 8.91. The van der Waals surface area contributed by atoms with Gasteiger partial charge in [-0.2, -0.15) is 0 Å². The lowest BCUT2D eigenvalue weighted by molar-refractivity contribution is -0.253. The molecule has 0 saturated carbocycles. The number of esters is 1. The molecule has 2 rings (SSSR count). The summed E-state index contributed by atoms with van der Waals surface area (Å²) < 4.78 is 16.7. The van der Waals surface area contributed by atoms with E-state index in [0.29, 0.717) is 5.56 Å². The number of hydrogen-bond acceptors (Lipinski definition) is 6. The van der Waals surface area contributed by atoms with E-state index in [0.717, 1.165) is 0 Å². The summed E-state index contributed by atoms with van der Waals surface area (Å²) in [6.45, 7) is 8.87. The van der Waals surface area contributed by atoms with Crippen molar-refractivity contribution in [2.75, 3.05) is 0 Å². The summed E-state index contributed by atoms with van der Waals surface area (Å²) in [4.78, 5) is 37.1. The second-order valence-corrected chi connectivity index (χ2v) is 8.09. The van der Waals surface area contributed by atoms with Crippen LogP contribution < -0.4 is 0 Å². The fraction of sp³-hybridized carbons (Fsp3) is 0.571. The van der Waals surface area contributed by atoms with E-state index in [-0.39, 0.29) is 24.5 Å². The Bertz CT molecular complexity index is 674. The molecular formula is C21H28O6. The highest BCUT2D eigenvalue weighted by Crippen LogP contribution is 2.27. The molecule has 0 spiro atoms. The third kappa shape index (κ3) is 6.26. The van der Waals surface area contributed by atoms with E-state index < -0.39 is 35.9 Å². The first-order chi connectivity index (χ1) is 12.6. The van der Waals surface area contributed by atoms with Crippen LogP contribution in [-0.4, -0.2) is 41.6 Å². The molecule has 1 aromatic rings. The molecule has 6 nitrogen and oxygen atoms in total. The predicted molar refractivity (Wildman–Crippen MR) is 99.2 cm³/mol. The SMILES string of the molecule is CC(C)C1O[C@H](CC(=O)c2ccccc2)C[C@H](C(=O)C(=O)OC(C)(C)C)O1. The maximum absolute atomic E-state index is 12.5. The van der Waals surface area contributed by atoms with Crippen LogP contribution in [0.2, 0.25) is 0 Å². The maximum atomic E-state index is 12.5. The summed E-state index contributed by atoms with van der Waals surface area (Å²) in [6.07, 6.45) is -1.89. The van der Waals surface area contributed by atoms with Crippen molar-refractivity contribution in [3.05, 3.63) is 35.9 Å². The molecule has 1 unspecified atom stereocenters. The molecule has 0 aromatic heterocycles. The Kier molecular flexibility index (Phi) is 6.89. The van der Waals surface area contributed by atoms with Gasteiger partial charge in [0.1, 0.15) is 11.7 Å². The van der Waals surface area contributed by atoms with Crippen molar-refractivity contribution in [1.82, 2.24) is 0 Å². The molecule has 6 heteroatoms. The molecule has 1 saturated heterocycles. The number of ketones is 2. The number of hydrogen-bond donors (Lipinski definition) is 0. The molecular weight excluding hydrogens is 348 g/mol. The summed E-state index contributed by atoms with van der Waals surface area (Å²) >= 11 is 0. The number of rotatable bonds is 6. The van der Waals surface area contributed by atoms with Gasteiger partial charge >= 0.3 is 5.97 Å². The van der Waals surface area contributed by atoms with E-state index in [1.54, 1.807) is 45.0 Å². The minimum Gasteiger partial charge on any atom is -0.454 e. The second-order valence-electron chi connectivity index (χ2n) is 8.09. The van der Waals surface area contributed by atoms with Crippen molar-refractivity contribution < 1.29 is 28.6 Å². The molecule has 0 bridgehead atoms. The third-order valence-corrected chi connectivity index (χ3v) is 4.05. The zero-order valence-electron chi connectivity index (χ0n) is 16.6. The van der Waals surface area contributed by atoms with Gasteiger partial charge in [-0.15, -0.1) is 0 Å². The zero-order valence-corrected chi connectivity index (χ0v) is 16.6. The Balaban J connectivity index is 2.09. The Morgan fingerprint density at radius 3 is 2.30 bits per heavy atom. The van der Waals surface area contributed by atoms with E-state index in [1.807, 2.05) is 19.9 Å². The highest BCUT2D eigenvalue weighted by Gasteiger charge is 2.40. The predicted octanol–water partition coefficient (Wildman–Crippen LogP) is 3.33. The van der Waals surface area contributed by atoms with Crippen LogP contribution in [0.25, 0.3) is 0 Å². The third-order valence-electron chi connectivity index (χ3n) is 4.05. The number of carbonyl (C=O) groups excluding carboxylic acids is 3. The Morgan fingerprint density at radius 2 is 1.74 bits per heavy atom. The number of ether oxygens (including phenoxy) is 3. The lowest BCUT2D eigenvalue weighted by atomic mass is 9.98. The van der Waals surface area contributed by atoms with Crippen LogP contribution in [-0.2, 0) is 23.8 Å². The summed E-state index contributed by atoms with van der Waals surface area (Å²) in [7, 11) is 0. The van der Waals surface area contributed by atoms with Gasteiger partial charge in [-0.25, -0.2) is 4.79 Å². The Labute approximate surface area is 160 Å². The molecule has 1 aliphatic heterocycles. The average molecular weight is 376 g/mol. The zero-order chi connectivity index (χ0) is 20.2. The molecule has 1 heterocycles. The van der Waals surface area contributed by atoms with Crippen molar-refractivity contribution >= 4 is 17.5 Å². The highest BCUT2D eigenvalue weighted by atomic mass is 16.7. The molecule has 0 amide bonds. The number of carbonyl (C=O) groups is 3. The first-order valence-electron chi connectivity index (χ1n) is 9.23. The Hall–Kier alpha value is -2.05. The van der Waals surface area contributed by atoms with Crippen LogP contribution in [0, 0.1) is 5.92 Å². The number of benzene rings is 1. The molecule has 1 fully saturated rings. The van der Waals surface area contributed by atoms with Gasteiger partial charge in [0.25, 0.3) is 5.78 Å². The molecule has 0 aliphatic carbocycles. The van der Waals surface area contributed by atoms with Gasteiger partial charge in [0.15, 0.2) is 12.1 Å². The van der Waals surface area contributed by atoms with Gasteiger partial charge in [0, 0.05) is 24.3 Å².